The summed E-state index contributed by atoms with van der Waals surface area (Å²) in [6, 6.07) is 79.8. The molecule has 0 bridgehead atoms. The van der Waals surface area contributed by atoms with Crippen LogP contribution in [-0.4, -0.2) is 14.5 Å². The fourth-order valence-electron chi connectivity index (χ4n) is 10.1. The van der Waals surface area contributed by atoms with E-state index in [9.17, 15) is 5.26 Å². The van der Waals surface area contributed by atoms with Crippen molar-refractivity contribution in [3.63, 3.8) is 0 Å². The predicted molar refractivity (Wildman–Crippen MR) is 270 cm³/mol. The summed E-state index contributed by atoms with van der Waals surface area (Å²) in [6.07, 6.45) is 0. The Morgan fingerprint density at radius 2 is 0.954 bits per heavy atom. The Kier molecular flexibility index (Phi) is 8.24. The Morgan fingerprint density at radius 1 is 0.369 bits per heavy atom. The van der Waals surface area contributed by atoms with Crippen LogP contribution in [0.2, 0.25) is 0 Å². The molecule has 65 heavy (non-hydrogen) atoms. The van der Waals surface area contributed by atoms with Gasteiger partial charge in [-0.15, -0.1) is 0 Å². The summed E-state index contributed by atoms with van der Waals surface area (Å²) in [4.78, 5) is 10.8. The first-order valence-corrected chi connectivity index (χ1v) is 21.9. The maximum absolute atomic E-state index is 11.3. The van der Waals surface area contributed by atoms with Crippen LogP contribution in [0.3, 0.4) is 0 Å². The number of nitrogens with zero attached hydrogens (tertiary/aromatic N) is 4. The summed E-state index contributed by atoms with van der Waals surface area (Å²) in [5.41, 5.74) is 11.5. The molecule has 0 atom stereocenters. The van der Waals surface area contributed by atoms with Crippen LogP contribution in [0, 0.1) is 11.3 Å². The van der Waals surface area contributed by atoms with Gasteiger partial charge in [0.1, 0.15) is 6.07 Å². The molecule has 11 aromatic carbocycles. The van der Waals surface area contributed by atoms with E-state index >= 15 is 0 Å². The fraction of sp³-hybridized carbons (Fsp3) is 0. The van der Waals surface area contributed by atoms with Gasteiger partial charge in [0.15, 0.2) is 5.82 Å². The Hall–Kier alpha value is -8.91. The van der Waals surface area contributed by atoms with Crippen molar-refractivity contribution in [2.45, 2.75) is 0 Å². The van der Waals surface area contributed by atoms with E-state index in [1.165, 1.54) is 38.1 Å². The molecule has 4 nitrogen and oxygen atoms in total. The average molecular weight is 825 g/mol. The molecule has 0 amide bonds. The predicted octanol–water partition coefficient (Wildman–Crippen LogP) is 15.9. The minimum absolute atomic E-state index is 0.545. The van der Waals surface area contributed by atoms with E-state index in [0.717, 1.165) is 82.5 Å². The number of fused-ring (bicyclic) bond motifs is 9. The molecule has 0 unspecified atom stereocenters. The highest BCUT2D eigenvalue weighted by molar-refractivity contribution is 6.24. The smallest absolute Gasteiger partial charge is 0.161 e. The molecule has 0 radical (unpaired) electrons. The molecule has 2 aromatic heterocycles. The quantitative estimate of drug-likeness (QED) is 0.174. The maximum Gasteiger partial charge on any atom is 0.161 e. The molecule has 300 valence electrons. The Bertz CT molecular complexity index is 4120. The van der Waals surface area contributed by atoms with Crippen LogP contribution in [0.15, 0.2) is 218 Å². The number of nitriles is 1. The van der Waals surface area contributed by atoms with Gasteiger partial charge >= 0.3 is 0 Å². The molecule has 0 aliphatic carbocycles. The van der Waals surface area contributed by atoms with E-state index in [-0.39, 0.29) is 0 Å². The van der Waals surface area contributed by atoms with Crippen molar-refractivity contribution in [3.05, 3.63) is 224 Å². The minimum atomic E-state index is 0.545. The Labute approximate surface area is 374 Å². The molecule has 0 aliphatic rings. The van der Waals surface area contributed by atoms with Gasteiger partial charge in [0.25, 0.3) is 0 Å². The molecule has 13 rings (SSSR count). The summed E-state index contributed by atoms with van der Waals surface area (Å²) in [7, 11) is 0. The number of hydrogen-bond donors (Lipinski definition) is 0. The van der Waals surface area contributed by atoms with Crippen LogP contribution in [0.25, 0.3) is 126 Å². The molecule has 13 aromatic rings. The molecule has 0 spiro atoms. The van der Waals surface area contributed by atoms with Gasteiger partial charge in [-0.3, -0.25) is 0 Å². The van der Waals surface area contributed by atoms with Crippen molar-refractivity contribution in [2.75, 3.05) is 0 Å². The lowest BCUT2D eigenvalue weighted by molar-refractivity contribution is 1.18. The Balaban J connectivity index is 1.05. The zero-order valence-electron chi connectivity index (χ0n) is 35.1. The number of hydrogen-bond acceptors (Lipinski definition) is 3. The summed E-state index contributed by atoms with van der Waals surface area (Å²) in [5, 5.41) is 23.4. The van der Waals surface area contributed by atoms with E-state index in [2.05, 4.69) is 217 Å². The van der Waals surface area contributed by atoms with Gasteiger partial charge in [-0.1, -0.05) is 176 Å². The SMILES string of the molecule is N#Cc1cc(-c2nc(-c3ccc4ccccc4c3)c3cc(-c4ccc(-c5ccccc5)cc4)ccc3n2)c2ccccc2c1-n1c2cc3ccccc3cc2c2c3ccccc3ccc21. The molecular weight excluding hydrogens is 789 g/mol. The van der Waals surface area contributed by atoms with Crippen LogP contribution in [0.1, 0.15) is 5.56 Å². The highest BCUT2D eigenvalue weighted by Gasteiger charge is 2.23. The number of rotatable bonds is 5. The second kappa shape index (κ2) is 14.6. The zero-order valence-corrected chi connectivity index (χ0v) is 35.1. The third kappa shape index (κ3) is 5.91. The van der Waals surface area contributed by atoms with Crippen molar-refractivity contribution in [1.82, 2.24) is 14.5 Å². The first-order chi connectivity index (χ1) is 32.2. The molecular formula is C61H36N4. The van der Waals surface area contributed by atoms with E-state index in [1.54, 1.807) is 0 Å². The summed E-state index contributed by atoms with van der Waals surface area (Å²) in [6.45, 7) is 0. The largest absolute Gasteiger partial charge is 0.307 e. The highest BCUT2D eigenvalue weighted by Crippen LogP contribution is 2.44. The van der Waals surface area contributed by atoms with Crippen LogP contribution in [-0.2, 0) is 0 Å². The van der Waals surface area contributed by atoms with Crippen molar-refractivity contribution >= 4 is 75.8 Å². The van der Waals surface area contributed by atoms with Gasteiger partial charge in [0.05, 0.1) is 33.5 Å². The van der Waals surface area contributed by atoms with E-state index in [4.69, 9.17) is 9.97 Å². The summed E-state index contributed by atoms with van der Waals surface area (Å²) in [5.74, 6) is 0.569. The van der Waals surface area contributed by atoms with Gasteiger partial charge in [-0.05, 0) is 102 Å². The standard InChI is InChI=1S/C61H36N4/c62-37-48-35-52(50-20-10-11-21-51(50)60(48)65-56-31-29-42-15-8-9-19-49(42)58(56)54-34-44-17-6-7-18-45(44)36-57(54)65)61-63-55-30-28-46(41-24-22-40(23-25-41)38-12-2-1-3-13-38)33-53(55)59(64-61)47-27-26-39-14-4-5-16-43(39)32-47/h1-36H. The van der Waals surface area contributed by atoms with Gasteiger partial charge in [-0.25, -0.2) is 9.97 Å². The molecule has 0 fully saturated rings. The molecule has 0 saturated carbocycles. The molecule has 4 heteroatoms. The average Bonchev–Trinajstić information content (AvgIpc) is 3.70. The van der Waals surface area contributed by atoms with Crippen molar-refractivity contribution in [2.24, 2.45) is 0 Å². The lowest BCUT2D eigenvalue weighted by Gasteiger charge is -2.17. The zero-order chi connectivity index (χ0) is 43.0. The second-order valence-electron chi connectivity index (χ2n) is 16.8. The first-order valence-electron chi connectivity index (χ1n) is 21.9. The molecule has 0 N–H and O–H groups in total. The molecule has 0 saturated heterocycles. The molecule has 0 aliphatic heterocycles. The molecule has 2 heterocycles. The van der Waals surface area contributed by atoms with E-state index in [1.807, 2.05) is 12.1 Å². The van der Waals surface area contributed by atoms with Crippen LogP contribution < -0.4 is 0 Å². The first kappa shape index (κ1) is 36.7. The minimum Gasteiger partial charge on any atom is -0.307 e. The summed E-state index contributed by atoms with van der Waals surface area (Å²) >= 11 is 0. The normalized spacial score (nSPS) is 11.7. The van der Waals surface area contributed by atoms with Gasteiger partial charge in [-0.2, -0.15) is 5.26 Å². The third-order valence-corrected chi connectivity index (χ3v) is 13.2. The van der Waals surface area contributed by atoms with Crippen molar-refractivity contribution in [1.29, 1.82) is 5.26 Å². The summed E-state index contributed by atoms with van der Waals surface area (Å²) < 4.78 is 2.31. The number of benzene rings is 11. The van der Waals surface area contributed by atoms with Gasteiger partial charge in [0, 0.05) is 32.7 Å². The maximum atomic E-state index is 11.3. The number of aromatic nitrogens is 3. The van der Waals surface area contributed by atoms with Crippen LogP contribution in [0.5, 0.6) is 0 Å². The fourth-order valence-corrected chi connectivity index (χ4v) is 10.1. The van der Waals surface area contributed by atoms with E-state index < -0.39 is 0 Å². The second-order valence-corrected chi connectivity index (χ2v) is 16.8. The topological polar surface area (TPSA) is 54.5 Å². The van der Waals surface area contributed by atoms with Gasteiger partial charge in [0.2, 0.25) is 0 Å². The monoisotopic (exact) mass is 824 g/mol. The van der Waals surface area contributed by atoms with Crippen molar-refractivity contribution in [3.8, 4) is 56.7 Å². The lowest BCUT2D eigenvalue weighted by atomic mass is 9.95. The Morgan fingerprint density at radius 3 is 1.72 bits per heavy atom. The van der Waals surface area contributed by atoms with Crippen LogP contribution >= 0.6 is 0 Å². The van der Waals surface area contributed by atoms with E-state index in [0.29, 0.717) is 11.4 Å². The van der Waals surface area contributed by atoms with Gasteiger partial charge < -0.3 is 4.57 Å². The van der Waals surface area contributed by atoms with Crippen molar-refractivity contribution < 1.29 is 0 Å². The lowest BCUT2D eigenvalue weighted by Crippen LogP contribution is -2.02. The highest BCUT2D eigenvalue weighted by atomic mass is 15.0. The van der Waals surface area contributed by atoms with Crippen LogP contribution in [0.4, 0.5) is 0 Å². The third-order valence-electron chi connectivity index (χ3n) is 13.2.